The van der Waals surface area contributed by atoms with Gasteiger partial charge in [-0.25, -0.2) is 4.79 Å². The van der Waals surface area contributed by atoms with Gasteiger partial charge in [0, 0.05) is 0 Å². The zero-order valence-electron chi connectivity index (χ0n) is 14.3. The third-order valence-corrected chi connectivity index (χ3v) is 5.35. The number of anilines is 2. The van der Waals surface area contributed by atoms with Crippen LogP contribution in [0.15, 0.2) is 51.4 Å². The van der Waals surface area contributed by atoms with Crippen molar-refractivity contribution >= 4 is 45.8 Å². The summed E-state index contributed by atoms with van der Waals surface area (Å²) in [5, 5.41) is 14.5. The number of esters is 1. The molecule has 0 aliphatic rings. The largest absolute Gasteiger partial charge is 0.467 e. The van der Waals surface area contributed by atoms with Crippen LogP contribution in [-0.4, -0.2) is 34.9 Å². The van der Waals surface area contributed by atoms with Crippen molar-refractivity contribution in [1.29, 1.82) is 0 Å². The monoisotopic (exact) mass is 404 g/mol. The van der Waals surface area contributed by atoms with Gasteiger partial charge in [-0.1, -0.05) is 35.2 Å². The lowest BCUT2D eigenvalue weighted by atomic mass is 10.2. The van der Waals surface area contributed by atoms with Crippen LogP contribution >= 0.6 is 23.1 Å². The van der Waals surface area contributed by atoms with Gasteiger partial charge in [-0.05, 0) is 24.3 Å². The number of carbonyl (C=O) groups excluding carboxylic acids is 2. The Bertz CT molecular complexity index is 911. The molecular weight excluding hydrogens is 388 g/mol. The number of methoxy groups -OCH3 is 1. The molecule has 2 aromatic heterocycles. The third-order valence-electron chi connectivity index (χ3n) is 3.33. The van der Waals surface area contributed by atoms with Crippen molar-refractivity contribution in [2.45, 2.75) is 10.9 Å². The molecule has 0 atom stereocenters. The molecule has 2 N–H and O–H groups in total. The van der Waals surface area contributed by atoms with Crippen LogP contribution in [0.1, 0.15) is 16.1 Å². The molecule has 0 saturated carbocycles. The highest BCUT2D eigenvalue weighted by atomic mass is 32.2. The molecular formula is C17H16N4O4S2. The smallest absolute Gasteiger partial charge is 0.339 e. The maximum Gasteiger partial charge on any atom is 0.339 e. The topological polar surface area (TPSA) is 106 Å². The van der Waals surface area contributed by atoms with Crippen LogP contribution in [0.4, 0.5) is 10.8 Å². The Kier molecular flexibility index (Phi) is 6.44. The van der Waals surface area contributed by atoms with Gasteiger partial charge in [0.15, 0.2) is 4.34 Å². The van der Waals surface area contributed by atoms with E-state index in [2.05, 4.69) is 20.8 Å². The molecule has 1 amide bonds. The summed E-state index contributed by atoms with van der Waals surface area (Å²) in [6.07, 6.45) is 1.61. The van der Waals surface area contributed by atoms with Gasteiger partial charge in [-0.3, -0.25) is 4.79 Å². The molecule has 3 rings (SSSR count). The number of rotatable bonds is 8. The van der Waals surface area contributed by atoms with Crippen LogP contribution in [-0.2, 0) is 16.1 Å². The predicted octanol–water partition coefficient (Wildman–Crippen LogP) is 3.26. The molecule has 1 aromatic carbocycles. The highest BCUT2D eigenvalue weighted by Gasteiger charge is 2.14. The highest BCUT2D eigenvalue weighted by molar-refractivity contribution is 8.01. The third kappa shape index (κ3) is 5.31. The number of nitrogens with one attached hydrogen (secondary N) is 2. The second-order valence-electron chi connectivity index (χ2n) is 5.18. The minimum Gasteiger partial charge on any atom is -0.467 e. The summed E-state index contributed by atoms with van der Waals surface area (Å²) in [5.41, 5.74) is 0.715. The average Bonchev–Trinajstić information content (AvgIpc) is 3.36. The van der Waals surface area contributed by atoms with Crippen molar-refractivity contribution in [2.24, 2.45) is 0 Å². The van der Waals surface area contributed by atoms with E-state index in [4.69, 9.17) is 9.15 Å². The van der Waals surface area contributed by atoms with Crippen molar-refractivity contribution in [2.75, 3.05) is 23.5 Å². The lowest BCUT2D eigenvalue weighted by Crippen LogP contribution is -2.17. The summed E-state index contributed by atoms with van der Waals surface area (Å²) in [5.74, 6) is 0.178. The molecule has 8 nitrogen and oxygen atoms in total. The fraction of sp³-hybridized carbons (Fsp3) is 0.176. The lowest BCUT2D eigenvalue weighted by Gasteiger charge is -2.08. The first-order valence-electron chi connectivity index (χ1n) is 7.85. The second-order valence-corrected chi connectivity index (χ2v) is 7.38. The SMILES string of the molecule is COC(=O)c1ccccc1NC(=O)CSc1nnc(NCc2ccco2)s1. The lowest BCUT2D eigenvalue weighted by molar-refractivity contribution is -0.113. The summed E-state index contributed by atoms with van der Waals surface area (Å²) in [7, 11) is 1.30. The normalized spacial score (nSPS) is 10.4. The zero-order valence-corrected chi connectivity index (χ0v) is 15.9. The Morgan fingerprint density at radius 3 is 2.85 bits per heavy atom. The Morgan fingerprint density at radius 1 is 1.22 bits per heavy atom. The Labute approximate surface area is 163 Å². The number of para-hydroxylation sites is 1. The molecule has 27 heavy (non-hydrogen) atoms. The summed E-state index contributed by atoms with van der Waals surface area (Å²) in [4.78, 5) is 23.9. The van der Waals surface area contributed by atoms with Crippen molar-refractivity contribution in [3.63, 3.8) is 0 Å². The number of amides is 1. The number of ether oxygens (including phenoxy) is 1. The summed E-state index contributed by atoms with van der Waals surface area (Å²) in [6.45, 7) is 0.511. The molecule has 0 radical (unpaired) electrons. The summed E-state index contributed by atoms with van der Waals surface area (Å²) < 4.78 is 10.6. The first-order valence-corrected chi connectivity index (χ1v) is 9.65. The summed E-state index contributed by atoms with van der Waals surface area (Å²) in [6, 6.07) is 10.4. The number of benzene rings is 1. The van der Waals surface area contributed by atoms with E-state index in [1.807, 2.05) is 12.1 Å². The molecule has 0 unspecified atom stereocenters. The molecule has 3 aromatic rings. The Hall–Kier alpha value is -2.85. The van der Waals surface area contributed by atoms with E-state index in [-0.39, 0.29) is 11.7 Å². The number of aromatic nitrogens is 2. The van der Waals surface area contributed by atoms with E-state index in [1.165, 1.54) is 30.2 Å². The molecule has 2 heterocycles. The number of hydrogen-bond donors (Lipinski definition) is 2. The Morgan fingerprint density at radius 2 is 2.07 bits per heavy atom. The molecule has 0 bridgehead atoms. The van der Waals surface area contributed by atoms with Gasteiger partial charge in [0.25, 0.3) is 0 Å². The number of nitrogens with zero attached hydrogens (tertiary/aromatic N) is 2. The molecule has 10 heteroatoms. The summed E-state index contributed by atoms with van der Waals surface area (Å²) >= 11 is 2.61. The molecule has 0 aliphatic carbocycles. The fourth-order valence-electron chi connectivity index (χ4n) is 2.11. The van der Waals surface area contributed by atoms with E-state index in [0.717, 1.165) is 5.76 Å². The van der Waals surface area contributed by atoms with Crippen LogP contribution in [0.2, 0.25) is 0 Å². The van der Waals surface area contributed by atoms with Gasteiger partial charge in [0.2, 0.25) is 11.0 Å². The number of thioether (sulfide) groups is 1. The van der Waals surface area contributed by atoms with Gasteiger partial charge >= 0.3 is 5.97 Å². The molecule has 0 fully saturated rings. The van der Waals surface area contributed by atoms with Gasteiger partial charge < -0.3 is 19.8 Å². The van der Waals surface area contributed by atoms with E-state index < -0.39 is 5.97 Å². The van der Waals surface area contributed by atoms with E-state index in [1.54, 1.807) is 30.5 Å². The standard InChI is InChI=1S/C17H16N4O4S2/c1-24-15(23)12-6-2-3-7-13(12)19-14(22)10-26-17-21-20-16(27-17)18-9-11-5-4-8-25-11/h2-8H,9-10H2,1H3,(H,18,20)(H,19,22). The van der Waals surface area contributed by atoms with Crippen molar-refractivity contribution in [1.82, 2.24) is 10.2 Å². The van der Waals surface area contributed by atoms with E-state index in [0.29, 0.717) is 27.3 Å². The van der Waals surface area contributed by atoms with Crippen LogP contribution in [0.3, 0.4) is 0 Å². The maximum atomic E-state index is 12.2. The molecule has 0 saturated heterocycles. The first-order chi connectivity index (χ1) is 13.2. The number of hydrogen-bond acceptors (Lipinski definition) is 9. The van der Waals surface area contributed by atoms with Crippen molar-refractivity contribution in [3.05, 3.63) is 54.0 Å². The second kappa shape index (κ2) is 9.19. The first kappa shape index (κ1) is 18.9. The van der Waals surface area contributed by atoms with Gasteiger partial charge in [-0.2, -0.15) is 0 Å². The quantitative estimate of drug-likeness (QED) is 0.435. The van der Waals surface area contributed by atoms with E-state index >= 15 is 0 Å². The maximum absolute atomic E-state index is 12.2. The van der Waals surface area contributed by atoms with Crippen molar-refractivity contribution < 1.29 is 18.7 Å². The minimum absolute atomic E-state index is 0.141. The average molecular weight is 404 g/mol. The number of furan rings is 1. The van der Waals surface area contributed by atoms with Crippen molar-refractivity contribution in [3.8, 4) is 0 Å². The van der Waals surface area contributed by atoms with Gasteiger partial charge in [-0.15, -0.1) is 10.2 Å². The Balaban J connectivity index is 1.50. The van der Waals surface area contributed by atoms with Gasteiger partial charge in [0.05, 0.1) is 36.9 Å². The molecule has 0 aliphatic heterocycles. The zero-order chi connectivity index (χ0) is 19.1. The molecule has 140 valence electrons. The van der Waals surface area contributed by atoms with Crippen LogP contribution < -0.4 is 10.6 Å². The van der Waals surface area contributed by atoms with Crippen LogP contribution in [0, 0.1) is 0 Å². The molecule has 0 spiro atoms. The highest BCUT2D eigenvalue weighted by Crippen LogP contribution is 2.26. The predicted molar refractivity (Wildman–Crippen MR) is 103 cm³/mol. The van der Waals surface area contributed by atoms with Gasteiger partial charge in [0.1, 0.15) is 5.76 Å². The van der Waals surface area contributed by atoms with E-state index in [9.17, 15) is 9.59 Å². The minimum atomic E-state index is -0.505. The van der Waals surface area contributed by atoms with Crippen LogP contribution in [0.5, 0.6) is 0 Å². The fourth-order valence-corrected chi connectivity index (χ4v) is 3.66. The van der Waals surface area contributed by atoms with Crippen LogP contribution in [0.25, 0.3) is 0 Å². The number of carbonyl (C=O) groups is 2.